The molecule has 1 saturated heterocycles. The monoisotopic (exact) mass is 364 g/mol. The summed E-state index contributed by atoms with van der Waals surface area (Å²) in [6.07, 6.45) is 1.96. The van der Waals surface area contributed by atoms with E-state index in [2.05, 4.69) is 10.00 Å². The lowest BCUT2D eigenvalue weighted by Gasteiger charge is -2.38. The lowest BCUT2D eigenvalue weighted by atomic mass is 9.93. The van der Waals surface area contributed by atoms with Crippen LogP contribution in [-0.2, 0) is 24.4 Å². The zero-order valence-electron chi connectivity index (χ0n) is 14.3. The summed E-state index contributed by atoms with van der Waals surface area (Å²) in [5, 5.41) is 13.5. The highest BCUT2D eigenvalue weighted by Crippen LogP contribution is 2.33. The van der Waals surface area contributed by atoms with Crippen LogP contribution in [0.2, 0.25) is 0 Å². The smallest absolute Gasteiger partial charge is 0.129 e. The normalized spacial score (nSPS) is 26.2. The molecule has 140 valence electrons. The van der Waals surface area contributed by atoms with Crippen molar-refractivity contribution < 1.29 is 18.6 Å². The van der Waals surface area contributed by atoms with Gasteiger partial charge in [0.25, 0.3) is 0 Å². The fourth-order valence-corrected chi connectivity index (χ4v) is 3.86. The first-order chi connectivity index (χ1) is 12.5. The van der Waals surface area contributed by atoms with Gasteiger partial charge in [-0.25, -0.2) is 8.78 Å². The van der Waals surface area contributed by atoms with Gasteiger partial charge in [-0.15, -0.1) is 0 Å². The quantitative estimate of drug-likeness (QED) is 0.856. The number of nitrogens with two attached hydrogens (primary N) is 1. The average molecular weight is 364 g/mol. The van der Waals surface area contributed by atoms with E-state index < -0.39 is 23.8 Å². The summed E-state index contributed by atoms with van der Waals surface area (Å²) in [5.74, 6) is -0.992. The molecule has 4 rings (SSSR count). The van der Waals surface area contributed by atoms with E-state index in [4.69, 9.17) is 15.6 Å². The summed E-state index contributed by atoms with van der Waals surface area (Å²) >= 11 is 0. The Labute approximate surface area is 150 Å². The molecule has 2 aliphatic rings. The van der Waals surface area contributed by atoms with Crippen LogP contribution in [0.4, 0.5) is 8.78 Å². The molecule has 26 heavy (non-hydrogen) atoms. The maximum absolute atomic E-state index is 14.0. The van der Waals surface area contributed by atoms with Crippen molar-refractivity contribution in [2.75, 3.05) is 13.2 Å². The lowest BCUT2D eigenvalue weighted by molar-refractivity contribution is -0.0533. The van der Waals surface area contributed by atoms with E-state index >= 15 is 0 Å². The molecule has 3 atom stereocenters. The fraction of sp³-hybridized carbons (Fsp3) is 0.500. The zero-order valence-corrected chi connectivity index (χ0v) is 14.3. The molecule has 1 aromatic carbocycles. The molecule has 3 unspecified atom stereocenters. The third-order valence-corrected chi connectivity index (χ3v) is 5.16. The molecular weight excluding hydrogens is 342 g/mol. The van der Waals surface area contributed by atoms with Crippen LogP contribution in [0.3, 0.4) is 0 Å². The Balaban J connectivity index is 1.41. The van der Waals surface area contributed by atoms with Gasteiger partial charge in [-0.3, -0.25) is 9.58 Å². The van der Waals surface area contributed by atoms with E-state index in [1.165, 1.54) is 0 Å². The zero-order chi connectivity index (χ0) is 18.3. The van der Waals surface area contributed by atoms with E-state index in [9.17, 15) is 8.78 Å². The molecule has 1 aromatic heterocycles. The van der Waals surface area contributed by atoms with Gasteiger partial charge in [0, 0.05) is 42.5 Å². The van der Waals surface area contributed by atoms with Crippen molar-refractivity contribution >= 4 is 0 Å². The van der Waals surface area contributed by atoms with Crippen molar-refractivity contribution in [2.24, 2.45) is 5.73 Å². The fourth-order valence-electron chi connectivity index (χ4n) is 3.86. The minimum absolute atomic E-state index is 0.0631. The van der Waals surface area contributed by atoms with Gasteiger partial charge in [-0.1, -0.05) is 0 Å². The van der Waals surface area contributed by atoms with Gasteiger partial charge in [0.2, 0.25) is 0 Å². The van der Waals surface area contributed by atoms with Gasteiger partial charge in [0.05, 0.1) is 25.5 Å². The van der Waals surface area contributed by atoms with Crippen LogP contribution in [0.1, 0.15) is 29.3 Å². The Morgan fingerprint density at radius 3 is 2.88 bits per heavy atom. The molecule has 0 spiro atoms. The third kappa shape index (κ3) is 3.25. The van der Waals surface area contributed by atoms with Crippen molar-refractivity contribution in [2.45, 2.75) is 44.2 Å². The summed E-state index contributed by atoms with van der Waals surface area (Å²) in [5.41, 5.74) is 8.57. The number of hydrogen-bond donors (Lipinski definition) is 2. The maximum atomic E-state index is 14.0. The van der Waals surface area contributed by atoms with Gasteiger partial charge < -0.3 is 15.6 Å². The number of nitrogens with zero attached hydrogens (tertiary/aromatic N) is 3. The Morgan fingerprint density at radius 2 is 2.15 bits per heavy atom. The highest BCUT2D eigenvalue weighted by atomic mass is 19.1. The average Bonchev–Trinajstić information content (AvgIpc) is 3.16. The Bertz CT molecular complexity index is 774. The minimum atomic E-state index is -0.638. The second-order valence-corrected chi connectivity index (χ2v) is 6.97. The molecule has 0 radical (unpaired) electrons. The highest BCUT2D eigenvalue weighted by Gasteiger charge is 2.37. The van der Waals surface area contributed by atoms with Gasteiger partial charge in [0.1, 0.15) is 17.7 Å². The Morgan fingerprint density at radius 1 is 1.31 bits per heavy atom. The van der Waals surface area contributed by atoms with E-state index in [-0.39, 0.29) is 18.2 Å². The Kier molecular flexibility index (Phi) is 4.74. The number of ether oxygens (including phenoxy) is 1. The molecule has 0 aliphatic carbocycles. The molecule has 1 fully saturated rings. The Hall–Kier alpha value is -1.87. The first-order valence-electron chi connectivity index (χ1n) is 8.77. The van der Waals surface area contributed by atoms with E-state index in [0.29, 0.717) is 26.1 Å². The molecule has 0 saturated carbocycles. The number of fused-ring (bicyclic) bond motifs is 1. The number of benzene rings is 1. The minimum Gasteiger partial charge on any atom is -0.394 e. The van der Waals surface area contributed by atoms with Gasteiger partial charge in [-0.05, 0) is 24.6 Å². The maximum Gasteiger partial charge on any atom is 0.129 e. The predicted molar refractivity (Wildman–Crippen MR) is 90.0 cm³/mol. The second-order valence-electron chi connectivity index (χ2n) is 6.97. The van der Waals surface area contributed by atoms with Crippen molar-refractivity contribution in [3.63, 3.8) is 0 Å². The largest absolute Gasteiger partial charge is 0.394 e. The molecule has 8 heteroatoms. The molecule has 3 N–H and O–H groups in total. The number of halogens is 2. The number of aliphatic hydroxyl groups is 1. The first-order valence-corrected chi connectivity index (χ1v) is 8.77. The summed E-state index contributed by atoms with van der Waals surface area (Å²) in [6, 6.07) is 3.06. The van der Waals surface area contributed by atoms with Crippen LogP contribution in [0.15, 0.2) is 24.4 Å². The molecule has 0 bridgehead atoms. The van der Waals surface area contributed by atoms with Crippen LogP contribution in [0.5, 0.6) is 0 Å². The van der Waals surface area contributed by atoms with E-state index in [0.717, 1.165) is 36.0 Å². The van der Waals surface area contributed by atoms with Gasteiger partial charge in [-0.2, -0.15) is 5.10 Å². The van der Waals surface area contributed by atoms with Crippen LogP contribution in [0.25, 0.3) is 0 Å². The number of aliphatic hydroxyl groups excluding tert-OH is 1. The van der Waals surface area contributed by atoms with Crippen molar-refractivity contribution in [3.05, 3.63) is 52.9 Å². The van der Waals surface area contributed by atoms with Crippen molar-refractivity contribution in [3.8, 4) is 0 Å². The summed E-state index contributed by atoms with van der Waals surface area (Å²) in [6.45, 7) is 2.42. The summed E-state index contributed by atoms with van der Waals surface area (Å²) in [4.78, 5) is 2.25. The molecule has 2 aromatic rings. The number of rotatable bonds is 4. The lowest BCUT2D eigenvalue weighted by Crippen LogP contribution is -2.47. The predicted octanol–water partition coefficient (Wildman–Crippen LogP) is 1.33. The molecule has 0 amide bonds. The number of aromatic nitrogens is 2. The van der Waals surface area contributed by atoms with Gasteiger partial charge >= 0.3 is 0 Å². The van der Waals surface area contributed by atoms with Crippen LogP contribution >= 0.6 is 0 Å². The van der Waals surface area contributed by atoms with Crippen molar-refractivity contribution in [1.82, 2.24) is 14.7 Å². The summed E-state index contributed by atoms with van der Waals surface area (Å²) in [7, 11) is 0. The highest BCUT2D eigenvalue weighted by molar-refractivity contribution is 5.24. The molecule has 3 heterocycles. The van der Waals surface area contributed by atoms with E-state index in [1.54, 1.807) is 4.68 Å². The molecule has 6 nitrogen and oxygen atoms in total. The third-order valence-electron chi connectivity index (χ3n) is 5.16. The topological polar surface area (TPSA) is 76.5 Å². The van der Waals surface area contributed by atoms with Gasteiger partial charge in [0.15, 0.2) is 0 Å². The van der Waals surface area contributed by atoms with E-state index in [1.807, 2.05) is 6.20 Å². The first kappa shape index (κ1) is 17.5. The number of hydrogen-bond acceptors (Lipinski definition) is 5. The standard InChI is InChI=1S/C18H22F2N4O2/c19-12-1-2-15(20)14(5-12)18-16(21)6-13(10-26-18)23-7-11-8-24(3-4-25)22-17(11)9-23/h1-2,5,8,13,16,18,25H,3-4,6-7,9-10,21H2. The molecule has 2 aliphatic heterocycles. The van der Waals surface area contributed by atoms with Crippen LogP contribution in [-0.4, -0.2) is 45.1 Å². The van der Waals surface area contributed by atoms with Crippen molar-refractivity contribution in [1.29, 1.82) is 0 Å². The second kappa shape index (κ2) is 7.03. The van der Waals surface area contributed by atoms with Crippen LogP contribution in [0, 0.1) is 11.6 Å². The molecular formula is C18H22F2N4O2. The summed E-state index contributed by atoms with van der Waals surface area (Å²) < 4.78 is 35.1. The van der Waals surface area contributed by atoms with Crippen LogP contribution < -0.4 is 5.73 Å². The SMILES string of the molecule is NC1CC(N2Cc3cn(CCO)nc3C2)COC1c1cc(F)ccc1F.